The van der Waals surface area contributed by atoms with Gasteiger partial charge in [0.15, 0.2) is 0 Å². The van der Waals surface area contributed by atoms with Crippen molar-refractivity contribution in [2.45, 2.75) is 38.3 Å². The van der Waals surface area contributed by atoms with Gasteiger partial charge in [-0.2, -0.15) is 0 Å². The van der Waals surface area contributed by atoms with Crippen LogP contribution >= 0.6 is 11.6 Å². The maximum Gasteiger partial charge on any atom is 0.292 e. The van der Waals surface area contributed by atoms with E-state index >= 15 is 0 Å². The Bertz CT molecular complexity index is 843. The highest BCUT2D eigenvalue weighted by Gasteiger charge is 2.45. The Balaban J connectivity index is 1.73. The highest BCUT2D eigenvalue weighted by Crippen LogP contribution is 2.48. The summed E-state index contributed by atoms with van der Waals surface area (Å²) in [7, 11) is 0. The molecular weight excluding hydrogens is 340 g/mol. The highest BCUT2D eigenvalue weighted by atomic mass is 35.5. The number of benzene rings is 1. The van der Waals surface area contributed by atoms with Gasteiger partial charge in [-0.1, -0.05) is 23.7 Å². The number of aromatic nitrogens is 2. The third kappa shape index (κ3) is 3.00. The molecule has 0 unspecified atom stereocenters. The average Bonchev–Trinajstić information content (AvgIpc) is 3.40. The lowest BCUT2D eigenvalue weighted by Crippen LogP contribution is -2.40. The second-order valence-corrected chi connectivity index (χ2v) is 6.96. The molecule has 1 aliphatic carbocycles. The Labute approximate surface area is 151 Å². The Morgan fingerprint density at radius 3 is 2.80 bits per heavy atom. The van der Waals surface area contributed by atoms with E-state index in [-0.39, 0.29) is 11.1 Å². The molecule has 2 aliphatic rings. The molecule has 1 aliphatic heterocycles. The summed E-state index contributed by atoms with van der Waals surface area (Å²) in [6, 6.07) is 7.82. The first kappa shape index (κ1) is 16.4. The summed E-state index contributed by atoms with van der Waals surface area (Å²) in [4.78, 5) is 23.1. The van der Waals surface area contributed by atoms with Crippen LogP contribution in [-0.2, 0) is 18.5 Å². The van der Waals surface area contributed by atoms with Crippen molar-refractivity contribution < 1.29 is 4.84 Å². The topological polar surface area (TPSA) is 68.2 Å². The van der Waals surface area contributed by atoms with Crippen molar-refractivity contribution in [3.05, 3.63) is 56.5 Å². The quantitative estimate of drug-likeness (QED) is 0.854. The van der Waals surface area contributed by atoms with Crippen LogP contribution in [-0.4, -0.2) is 22.9 Å². The molecule has 2 N–H and O–H groups in total. The first-order valence-corrected chi connectivity index (χ1v) is 9.04. The minimum absolute atomic E-state index is 0.131. The highest BCUT2D eigenvalue weighted by molar-refractivity contribution is 6.30. The van der Waals surface area contributed by atoms with E-state index in [0.717, 1.165) is 37.1 Å². The molecule has 6 nitrogen and oxygen atoms in total. The average molecular weight is 361 g/mol. The molecular formula is C18H21ClN4O2. The molecule has 0 bridgehead atoms. The van der Waals surface area contributed by atoms with Crippen molar-refractivity contribution in [2.24, 2.45) is 0 Å². The van der Waals surface area contributed by atoms with Gasteiger partial charge in [-0.3, -0.25) is 4.79 Å². The number of hydrogen-bond donors (Lipinski definition) is 2. The van der Waals surface area contributed by atoms with E-state index in [2.05, 4.69) is 10.6 Å². The summed E-state index contributed by atoms with van der Waals surface area (Å²) in [6.07, 6.45) is 2.71. The minimum Gasteiger partial charge on any atom is -0.408 e. The Morgan fingerprint density at radius 2 is 2.12 bits per heavy atom. The van der Waals surface area contributed by atoms with Crippen molar-refractivity contribution in [1.82, 2.24) is 15.0 Å². The number of nitrogens with one attached hydrogen (secondary N) is 2. The van der Waals surface area contributed by atoms with Crippen molar-refractivity contribution in [3.8, 4) is 0 Å². The SMILES string of the molecule is CCOn1c(NC2(c3ccc(Cl)cc3)CC2)nc2c(c1=O)CNCC2. The van der Waals surface area contributed by atoms with Crippen molar-refractivity contribution in [3.63, 3.8) is 0 Å². The van der Waals surface area contributed by atoms with E-state index in [1.807, 2.05) is 31.2 Å². The van der Waals surface area contributed by atoms with E-state index in [0.29, 0.717) is 29.7 Å². The van der Waals surface area contributed by atoms with E-state index in [9.17, 15) is 4.79 Å². The zero-order chi connectivity index (χ0) is 17.4. The number of nitrogens with zero attached hydrogens (tertiary/aromatic N) is 2. The number of rotatable bonds is 5. The van der Waals surface area contributed by atoms with Crippen LogP contribution in [0.2, 0.25) is 5.02 Å². The number of halogens is 1. The molecule has 0 saturated heterocycles. The second kappa shape index (κ2) is 6.35. The lowest BCUT2D eigenvalue weighted by molar-refractivity contribution is 0.113. The van der Waals surface area contributed by atoms with E-state index in [4.69, 9.17) is 21.4 Å². The summed E-state index contributed by atoms with van der Waals surface area (Å²) >= 11 is 6.00. The van der Waals surface area contributed by atoms with Crippen LogP contribution in [0.25, 0.3) is 0 Å². The van der Waals surface area contributed by atoms with Gasteiger partial charge in [0.25, 0.3) is 5.56 Å². The monoisotopic (exact) mass is 360 g/mol. The van der Waals surface area contributed by atoms with Gasteiger partial charge in [0.05, 0.1) is 16.8 Å². The number of fused-ring (bicyclic) bond motifs is 1. The van der Waals surface area contributed by atoms with Crippen LogP contribution in [0.15, 0.2) is 29.1 Å². The van der Waals surface area contributed by atoms with Crippen LogP contribution in [0.5, 0.6) is 0 Å². The zero-order valence-corrected chi connectivity index (χ0v) is 14.9. The Morgan fingerprint density at radius 1 is 1.36 bits per heavy atom. The molecule has 0 spiro atoms. The maximum absolute atomic E-state index is 12.8. The molecule has 2 aromatic rings. The summed E-state index contributed by atoms with van der Waals surface area (Å²) in [5, 5.41) is 7.41. The van der Waals surface area contributed by atoms with Gasteiger partial charge in [-0.15, -0.1) is 4.73 Å². The Hall–Kier alpha value is -2.05. The van der Waals surface area contributed by atoms with E-state index < -0.39 is 0 Å². The lowest BCUT2D eigenvalue weighted by atomic mass is 10.1. The smallest absolute Gasteiger partial charge is 0.292 e. The summed E-state index contributed by atoms with van der Waals surface area (Å²) in [5.41, 5.74) is 2.36. The normalized spacial score (nSPS) is 17.7. The fourth-order valence-corrected chi connectivity index (χ4v) is 3.43. The second-order valence-electron chi connectivity index (χ2n) is 6.52. The van der Waals surface area contributed by atoms with Gasteiger partial charge >= 0.3 is 0 Å². The molecule has 0 radical (unpaired) electrons. The van der Waals surface area contributed by atoms with Gasteiger partial charge in [0, 0.05) is 24.5 Å². The van der Waals surface area contributed by atoms with E-state index in [1.165, 1.54) is 4.73 Å². The van der Waals surface area contributed by atoms with E-state index in [1.54, 1.807) is 0 Å². The standard InChI is InChI=1S/C18H21ClN4O2/c1-2-25-23-16(24)14-11-20-10-7-15(14)21-17(23)22-18(8-9-18)12-3-5-13(19)6-4-12/h3-6,20H,2,7-11H2,1H3,(H,21,22). The lowest BCUT2D eigenvalue weighted by Gasteiger charge is -2.24. The van der Waals surface area contributed by atoms with Crippen LogP contribution in [0.4, 0.5) is 5.95 Å². The molecule has 0 atom stereocenters. The van der Waals surface area contributed by atoms with Crippen molar-refractivity contribution in [1.29, 1.82) is 0 Å². The molecule has 1 fully saturated rings. The van der Waals surface area contributed by atoms with Gasteiger partial charge in [0.1, 0.15) is 6.61 Å². The molecule has 2 heterocycles. The van der Waals surface area contributed by atoms with Crippen LogP contribution in [0.1, 0.15) is 36.6 Å². The van der Waals surface area contributed by atoms with Crippen LogP contribution in [0, 0.1) is 0 Å². The number of anilines is 1. The maximum atomic E-state index is 12.8. The molecule has 132 valence electrons. The third-order valence-electron chi connectivity index (χ3n) is 4.82. The van der Waals surface area contributed by atoms with Crippen LogP contribution in [0.3, 0.4) is 0 Å². The fourth-order valence-electron chi connectivity index (χ4n) is 3.31. The molecule has 25 heavy (non-hydrogen) atoms. The van der Waals surface area contributed by atoms with Crippen LogP contribution < -0.4 is 21.0 Å². The summed E-state index contributed by atoms with van der Waals surface area (Å²) in [6.45, 7) is 3.63. The molecule has 1 saturated carbocycles. The predicted octanol–water partition coefficient (Wildman–Crippen LogP) is 2.09. The molecule has 7 heteroatoms. The predicted molar refractivity (Wildman–Crippen MR) is 97.0 cm³/mol. The summed E-state index contributed by atoms with van der Waals surface area (Å²) < 4.78 is 1.31. The fraction of sp³-hybridized carbons (Fsp3) is 0.444. The molecule has 4 rings (SSSR count). The van der Waals surface area contributed by atoms with Crippen molar-refractivity contribution >= 4 is 17.5 Å². The molecule has 1 aromatic heterocycles. The van der Waals surface area contributed by atoms with Gasteiger partial charge < -0.3 is 15.5 Å². The largest absolute Gasteiger partial charge is 0.408 e. The first-order chi connectivity index (χ1) is 12.1. The minimum atomic E-state index is -0.204. The molecule has 1 aromatic carbocycles. The third-order valence-corrected chi connectivity index (χ3v) is 5.07. The first-order valence-electron chi connectivity index (χ1n) is 8.66. The zero-order valence-electron chi connectivity index (χ0n) is 14.1. The summed E-state index contributed by atoms with van der Waals surface area (Å²) in [5.74, 6) is 0.486. The van der Waals surface area contributed by atoms with Crippen molar-refractivity contribution in [2.75, 3.05) is 18.5 Å². The molecule has 0 amide bonds. The van der Waals surface area contributed by atoms with Gasteiger partial charge in [-0.25, -0.2) is 4.98 Å². The Kier molecular flexibility index (Phi) is 4.17. The van der Waals surface area contributed by atoms with Gasteiger partial charge in [0.2, 0.25) is 5.95 Å². The van der Waals surface area contributed by atoms with Gasteiger partial charge in [-0.05, 0) is 37.5 Å². The number of hydrogen-bond acceptors (Lipinski definition) is 5.